The predicted octanol–water partition coefficient (Wildman–Crippen LogP) is 4.19. The zero-order chi connectivity index (χ0) is 12.3. The molecule has 1 aromatic carbocycles. The van der Waals surface area contributed by atoms with Gasteiger partial charge >= 0.3 is 0 Å². The highest BCUT2D eigenvalue weighted by Gasteiger charge is 2.22. The normalized spacial score (nSPS) is 17.2. The molecule has 0 amide bonds. The third-order valence-electron chi connectivity index (χ3n) is 3.30. The number of hydrogen-bond acceptors (Lipinski definition) is 2. The largest absolute Gasteiger partial charge is 0.314 e. The fourth-order valence-corrected chi connectivity index (χ4v) is 2.86. The quantitative estimate of drug-likeness (QED) is 0.883. The number of hydrogen-bond donors (Lipinski definition) is 1. The molecule has 0 aliphatic carbocycles. The second-order valence-electron chi connectivity index (χ2n) is 4.38. The molecule has 1 aromatic rings. The van der Waals surface area contributed by atoms with Gasteiger partial charge in [-0.1, -0.05) is 30.1 Å². The molecule has 1 aliphatic heterocycles. The molecule has 110 valence electrons. The summed E-state index contributed by atoms with van der Waals surface area (Å²) in [6.45, 7) is 6.44. The Hall–Kier alpha value is 0.300. The zero-order valence-corrected chi connectivity index (χ0v) is 14.0. The molecular weight excluding hydrogens is 326 g/mol. The Morgan fingerprint density at radius 2 is 1.84 bits per heavy atom. The maximum atomic E-state index is 6.29. The molecular formula is C13H20Cl4N2. The summed E-state index contributed by atoms with van der Waals surface area (Å²) in [6, 6.07) is 6.12. The number of nitrogens with zero attached hydrogens (tertiary/aromatic N) is 1. The van der Waals surface area contributed by atoms with E-state index in [0.29, 0.717) is 6.04 Å². The highest BCUT2D eigenvalue weighted by molar-refractivity contribution is 6.33. The second-order valence-corrected chi connectivity index (χ2v) is 5.22. The van der Waals surface area contributed by atoms with Crippen molar-refractivity contribution >= 4 is 48.0 Å². The molecule has 6 heteroatoms. The van der Waals surface area contributed by atoms with Gasteiger partial charge in [0, 0.05) is 42.3 Å². The summed E-state index contributed by atoms with van der Waals surface area (Å²) in [5, 5.41) is 4.95. The average Bonchev–Trinajstić information content (AvgIpc) is 2.36. The smallest absolute Gasteiger partial charge is 0.0454 e. The molecule has 2 rings (SSSR count). The van der Waals surface area contributed by atoms with Crippen LogP contribution in [0.1, 0.15) is 24.9 Å². The highest BCUT2D eigenvalue weighted by Crippen LogP contribution is 2.32. The Bertz CT molecular complexity index is 381. The lowest BCUT2D eigenvalue weighted by Gasteiger charge is -2.35. The summed E-state index contributed by atoms with van der Waals surface area (Å²) in [5.74, 6) is 0. The van der Waals surface area contributed by atoms with Crippen LogP contribution in [0.4, 0.5) is 0 Å². The molecule has 1 aliphatic rings. The molecule has 1 saturated heterocycles. The second kappa shape index (κ2) is 9.28. The van der Waals surface area contributed by atoms with Crippen molar-refractivity contribution in [3.8, 4) is 0 Å². The Morgan fingerprint density at radius 1 is 1.21 bits per heavy atom. The van der Waals surface area contributed by atoms with Crippen molar-refractivity contribution in [3.05, 3.63) is 33.8 Å². The third-order valence-corrected chi connectivity index (χ3v) is 3.88. The van der Waals surface area contributed by atoms with Crippen LogP contribution in [0, 0.1) is 0 Å². The minimum absolute atomic E-state index is 0. The van der Waals surface area contributed by atoms with E-state index in [2.05, 4.69) is 17.1 Å². The molecule has 0 radical (unpaired) electrons. The summed E-state index contributed by atoms with van der Waals surface area (Å²) < 4.78 is 0. The lowest BCUT2D eigenvalue weighted by Crippen LogP contribution is -2.45. The maximum Gasteiger partial charge on any atom is 0.0454 e. The highest BCUT2D eigenvalue weighted by atomic mass is 35.5. The van der Waals surface area contributed by atoms with Crippen molar-refractivity contribution in [2.24, 2.45) is 0 Å². The number of rotatable bonds is 3. The fourth-order valence-electron chi connectivity index (χ4n) is 2.44. The van der Waals surface area contributed by atoms with Crippen LogP contribution in [-0.4, -0.2) is 31.1 Å². The molecule has 0 bridgehead atoms. The summed E-state index contributed by atoms with van der Waals surface area (Å²) in [6.07, 6.45) is 1.06. The zero-order valence-electron chi connectivity index (χ0n) is 10.9. The van der Waals surface area contributed by atoms with Gasteiger partial charge in [-0.25, -0.2) is 0 Å². The first-order valence-electron chi connectivity index (χ1n) is 6.12. The molecule has 1 atom stereocenters. The molecule has 1 fully saturated rings. The number of benzene rings is 1. The van der Waals surface area contributed by atoms with Crippen LogP contribution in [0.2, 0.25) is 10.0 Å². The van der Waals surface area contributed by atoms with Gasteiger partial charge in [-0.05, 0) is 30.2 Å². The van der Waals surface area contributed by atoms with Gasteiger partial charge < -0.3 is 5.32 Å². The summed E-state index contributed by atoms with van der Waals surface area (Å²) in [7, 11) is 0. The topological polar surface area (TPSA) is 15.3 Å². The van der Waals surface area contributed by atoms with Crippen molar-refractivity contribution < 1.29 is 0 Å². The van der Waals surface area contributed by atoms with Crippen LogP contribution in [0.5, 0.6) is 0 Å². The van der Waals surface area contributed by atoms with E-state index in [9.17, 15) is 0 Å². The number of nitrogens with one attached hydrogen (secondary N) is 1. The van der Waals surface area contributed by atoms with E-state index >= 15 is 0 Å². The van der Waals surface area contributed by atoms with Crippen LogP contribution in [0.3, 0.4) is 0 Å². The SMILES string of the molecule is CC[C@@H](c1cc(Cl)ccc1Cl)N1CCNCC1.Cl.Cl. The lowest BCUT2D eigenvalue weighted by molar-refractivity contribution is 0.169. The standard InChI is InChI=1S/C13H18Cl2N2.2ClH/c1-2-13(17-7-5-16-6-8-17)11-9-10(14)3-4-12(11)15;;/h3-4,9,13,16H,2,5-8H2,1H3;2*1H/t13-;;/m0../s1. The van der Waals surface area contributed by atoms with Crippen LogP contribution in [0.25, 0.3) is 0 Å². The Morgan fingerprint density at radius 3 is 2.42 bits per heavy atom. The molecule has 1 N–H and O–H groups in total. The van der Waals surface area contributed by atoms with Crippen molar-refractivity contribution in [2.45, 2.75) is 19.4 Å². The summed E-state index contributed by atoms with van der Waals surface area (Å²) >= 11 is 12.4. The molecule has 0 saturated carbocycles. The van der Waals surface area contributed by atoms with Gasteiger partial charge in [-0.3, -0.25) is 4.90 Å². The van der Waals surface area contributed by atoms with Crippen molar-refractivity contribution in [1.29, 1.82) is 0 Å². The Balaban J connectivity index is 0.00000162. The average molecular weight is 346 g/mol. The lowest BCUT2D eigenvalue weighted by atomic mass is 10.0. The molecule has 1 heterocycles. The van der Waals surface area contributed by atoms with E-state index < -0.39 is 0 Å². The molecule has 19 heavy (non-hydrogen) atoms. The Labute approximate surface area is 137 Å². The van der Waals surface area contributed by atoms with Gasteiger partial charge in [0.1, 0.15) is 0 Å². The van der Waals surface area contributed by atoms with Crippen LogP contribution in [0.15, 0.2) is 18.2 Å². The monoisotopic (exact) mass is 344 g/mol. The van der Waals surface area contributed by atoms with Crippen LogP contribution >= 0.6 is 48.0 Å². The third kappa shape index (κ3) is 4.96. The minimum Gasteiger partial charge on any atom is -0.314 e. The first-order valence-corrected chi connectivity index (χ1v) is 6.87. The Kier molecular flexibility index (Phi) is 9.42. The minimum atomic E-state index is 0. The maximum absolute atomic E-state index is 6.29. The van der Waals surface area contributed by atoms with E-state index in [0.717, 1.165) is 48.2 Å². The van der Waals surface area contributed by atoms with E-state index in [1.54, 1.807) is 0 Å². The van der Waals surface area contributed by atoms with Gasteiger partial charge in [-0.2, -0.15) is 0 Å². The van der Waals surface area contributed by atoms with Crippen molar-refractivity contribution in [2.75, 3.05) is 26.2 Å². The number of piperazine rings is 1. The van der Waals surface area contributed by atoms with Gasteiger partial charge in [-0.15, -0.1) is 24.8 Å². The molecule has 2 nitrogen and oxygen atoms in total. The molecule has 0 spiro atoms. The van der Waals surface area contributed by atoms with E-state index in [1.807, 2.05) is 18.2 Å². The number of halogens is 4. The van der Waals surface area contributed by atoms with Crippen molar-refractivity contribution in [3.63, 3.8) is 0 Å². The fraction of sp³-hybridized carbons (Fsp3) is 0.538. The van der Waals surface area contributed by atoms with E-state index in [-0.39, 0.29) is 24.8 Å². The predicted molar refractivity (Wildman–Crippen MR) is 88.4 cm³/mol. The summed E-state index contributed by atoms with van der Waals surface area (Å²) in [4.78, 5) is 2.48. The van der Waals surface area contributed by atoms with Crippen molar-refractivity contribution in [1.82, 2.24) is 10.2 Å². The first kappa shape index (κ1) is 19.3. The first-order chi connectivity index (χ1) is 8.22. The van der Waals surface area contributed by atoms with Gasteiger partial charge in [0.25, 0.3) is 0 Å². The molecule has 0 unspecified atom stereocenters. The van der Waals surface area contributed by atoms with E-state index in [4.69, 9.17) is 23.2 Å². The van der Waals surface area contributed by atoms with Crippen LogP contribution < -0.4 is 5.32 Å². The van der Waals surface area contributed by atoms with E-state index in [1.165, 1.54) is 0 Å². The van der Waals surface area contributed by atoms with Crippen LogP contribution in [-0.2, 0) is 0 Å². The van der Waals surface area contributed by atoms with Gasteiger partial charge in [0.05, 0.1) is 0 Å². The molecule has 0 aromatic heterocycles. The summed E-state index contributed by atoms with van der Waals surface area (Å²) in [5.41, 5.74) is 1.16. The van der Waals surface area contributed by atoms with Gasteiger partial charge in [0.15, 0.2) is 0 Å². The van der Waals surface area contributed by atoms with Gasteiger partial charge in [0.2, 0.25) is 0 Å².